The van der Waals surface area contributed by atoms with Gasteiger partial charge in [-0.15, -0.1) is 0 Å². The van der Waals surface area contributed by atoms with Crippen LogP contribution >= 0.6 is 0 Å². The molecule has 0 heterocycles. The molecule has 4 unspecified atom stereocenters. The van der Waals surface area contributed by atoms with E-state index >= 15 is 0 Å². The van der Waals surface area contributed by atoms with Crippen LogP contribution in [-0.2, 0) is 14.6 Å². The predicted octanol–water partition coefficient (Wildman–Crippen LogP) is 1.59. The smallest absolute Gasteiger partial charge is 0.150 e. The molecule has 1 fully saturated rings. The fraction of sp³-hybridized carbons (Fsp3) is 1.00. The van der Waals surface area contributed by atoms with Gasteiger partial charge in [0.15, 0.2) is 0 Å². The van der Waals surface area contributed by atoms with E-state index in [1.165, 1.54) is 6.26 Å². The van der Waals surface area contributed by atoms with Crippen molar-refractivity contribution in [3.05, 3.63) is 0 Å². The predicted molar refractivity (Wildman–Crippen MR) is 74.2 cm³/mol. The minimum absolute atomic E-state index is 0.0969. The summed E-state index contributed by atoms with van der Waals surface area (Å²) < 4.78 is 28.4. The molecule has 0 bridgehead atoms. The third-order valence-corrected chi connectivity index (χ3v) is 5.64. The van der Waals surface area contributed by atoms with Crippen molar-refractivity contribution in [3.8, 4) is 0 Å². The SMILES string of the molecule is COCC(C)CC(N)C1CCCC(S(C)(=O)=O)C1. The summed E-state index contributed by atoms with van der Waals surface area (Å²) in [5.41, 5.74) is 6.23. The van der Waals surface area contributed by atoms with E-state index in [1.807, 2.05) is 0 Å². The van der Waals surface area contributed by atoms with Gasteiger partial charge in [-0.25, -0.2) is 8.42 Å². The van der Waals surface area contributed by atoms with Gasteiger partial charge in [-0.2, -0.15) is 0 Å². The number of ether oxygens (including phenoxy) is 1. The van der Waals surface area contributed by atoms with Crippen LogP contribution in [0.25, 0.3) is 0 Å². The van der Waals surface area contributed by atoms with E-state index in [1.54, 1.807) is 7.11 Å². The zero-order chi connectivity index (χ0) is 13.8. The molecule has 4 atom stereocenters. The van der Waals surface area contributed by atoms with Crippen LogP contribution in [0.1, 0.15) is 39.0 Å². The highest BCUT2D eigenvalue weighted by Crippen LogP contribution is 2.31. The normalized spacial score (nSPS) is 28.9. The van der Waals surface area contributed by atoms with Crippen molar-refractivity contribution in [2.75, 3.05) is 20.0 Å². The molecule has 1 rings (SSSR count). The van der Waals surface area contributed by atoms with E-state index in [-0.39, 0.29) is 11.3 Å². The third-order valence-electron chi connectivity index (χ3n) is 4.00. The molecule has 0 radical (unpaired) electrons. The highest BCUT2D eigenvalue weighted by atomic mass is 32.2. The zero-order valence-corrected chi connectivity index (χ0v) is 12.6. The lowest BCUT2D eigenvalue weighted by molar-refractivity contribution is 0.144. The lowest BCUT2D eigenvalue weighted by Gasteiger charge is -2.33. The standard InChI is InChI=1S/C13H27NO3S/c1-10(9-17-2)7-13(14)11-5-4-6-12(8-11)18(3,15)16/h10-13H,4-9,14H2,1-3H3. The molecule has 0 saturated heterocycles. The van der Waals surface area contributed by atoms with Crippen LogP contribution in [0.5, 0.6) is 0 Å². The molecule has 4 nitrogen and oxygen atoms in total. The number of rotatable bonds is 6. The summed E-state index contributed by atoms with van der Waals surface area (Å²) in [4.78, 5) is 0. The maximum absolute atomic E-state index is 11.6. The maximum atomic E-state index is 11.6. The average Bonchev–Trinajstić information content (AvgIpc) is 2.28. The second-order valence-corrected chi connectivity index (χ2v) is 8.16. The van der Waals surface area contributed by atoms with Crippen molar-refractivity contribution in [2.24, 2.45) is 17.6 Å². The summed E-state index contributed by atoms with van der Waals surface area (Å²) in [6, 6.07) is 0.0969. The number of sulfone groups is 1. The summed E-state index contributed by atoms with van der Waals surface area (Å²) in [7, 11) is -1.21. The Morgan fingerprint density at radius 1 is 1.39 bits per heavy atom. The van der Waals surface area contributed by atoms with E-state index in [4.69, 9.17) is 10.5 Å². The minimum atomic E-state index is -2.91. The molecule has 0 aromatic carbocycles. The van der Waals surface area contributed by atoms with Gasteiger partial charge in [0.2, 0.25) is 0 Å². The Bertz CT molecular complexity index is 342. The monoisotopic (exact) mass is 277 g/mol. The Morgan fingerprint density at radius 3 is 2.61 bits per heavy atom. The molecule has 2 N–H and O–H groups in total. The molecule has 1 saturated carbocycles. The van der Waals surface area contributed by atoms with Gasteiger partial charge in [-0.3, -0.25) is 0 Å². The summed E-state index contributed by atoms with van der Waals surface area (Å²) >= 11 is 0. The second-order valence-electron chi connectivity index (χ2n) is 5.84. The van der Waals surface area contributed by atoms with Crippen LogP contribution in [0, 0.1) is 11.8 Å². The Balaban J connectivity index is 2.50. The lowest BCUT2D eigenvalue weighted by Crippen LogP contribution is -2.38. The molecule has 5 heteroatoms. The Labute approximate surface area is 111 Å². The van der Waals surface area contributed by atoms with Gasteiger partial charge in [0, 0.05) is 26.0 Å². The molecule has 0 aromatic rings. The van der Waals surface area contributed by atoms with Gasteiger partial charge in [0.1, 0.15) is 9.84 Å². The van der Waals surface area contributed by atoms with E-state index < -0.39 is 9.84 Å². The molecule has 108 valence electrons. The first-order valence-electron chi connectivity index (χ1n) is 6.78. The zero-order valence-electron chi connectivity index (χ0n) is 11.8. The molecule has 0 spiro atoms. The van der Waals surface area contributed by atoms with Gasteiger partial charge >= 0.3 is 0 Å². The average molecular weight is 277 g/mol. The summed E-state index contributed by atoms with van der Waals surface area (Å²) in [6.45, 7) is 2.84. The van der Waals surface area contributed by atoms with Crippen LogP contribution in [0.4, 0.5) is 0 Å². The topological polar surface area (TPSA) is 69.4 Å². The first kappa shape index (κ1) is 15.9. The fourth-order valence-corrected chi connectivity index (χ4v) is 4.16. The van der Waals surface area contributed by atoms with Crippen molar-refractivity contribution in [1.82, 2.24) is 0 Å². The van der Waals surface area contributed by atoms with Crippen LogP contribution in [0.3, 0.4) is 0 Å². The Hall–Kier alpha value is -0.130. The second kappa shape index (κ2) is 6.87. The molecule has 18 heavy (non-hydrogen) atoms. The van der Waals surface area contributed by atoms with Crippen molar-refractivity contribution < 1.29 is 13.2 Å². The number of hydrogen-bond donors (Lipinski definition) is 1. The van der Waals surface area contributed by atoms with Gasteiger partial charge in [0.05, 0.1) is 5.25 Å². The third kappa shape index (κ3) is 4.86. The number of nitrogens with two attached hydrogens (primary N) is 1. The van der Waals surface area contributed by atoms with Gasteiger partial charge < -0.3 is 10.5 Å². The van der Waals surface area contributed by atoms with E-state index in [2.05, 4.69) is 6.92 Å². The van der Waals surface area contributed by atoms with Crippen molar-refractivity contribution in [1.29, 1.82) is 0 Å². The summed E-state index contributed by atoms with van der Waals surface area (Å²) in [6.07, 6.45) is 5.84. The van der Waals surface area contributed by atoms with Crippen LogP contribution in [-0.4, -0.2) is 39.7 Å². The first-order valence-corrected chi connectivity index (χ1v) is 8.73. The van der Waals surface area contributed by atoms with Gasteiger partial charge in [-0.1, -0.05) is 13.3 Å². The van der Waals surface area contributed by atoms with Gasteiger partial charge in [-0.05, 0) is 37.5 Å². The first-order chi connectivity index (χ1) is 8.34. The molecule has 1 aliphatic rings. The van der Waals surface area contributed by atoms with Crippen LogP contribution in [0.2, 0.25) is 0 Å². The van der Waals surface area contributed by atoms with Crippen molar-refractivity contribution in [3.63, 3.8) is 0 Å². The molecular weight excluding hydrogens is 250 g/mol. The Kier molecular flexibility index (Phi) is 6.08. The van der Waals surface area contributed by atoms with E-state index in [0.717, 1.165) is 38.7 Å². The molecule has 0 amide bonds. The highest BCUT2D eigenvalue weighted by molar-refractivity contribution is 7.91. The minimum Gasteiger partial charge on any atom is -0.384 e. The summed E-state index contributed by atoms with van der Waals surface area (Å²) in [5.74, 6) is 0.779. The maximum Gasteiger partial charge on any atom is 0.150 e. The lowest BCUT2D eigenvalue weighted by atomic mass is 9.81. The fourth-order valence-electron chi connectivity index (χ4n) is 2.97. The van der Waals surface area contributed by atoms with E-state index in [0.29, 0.717) is 11.8 Å². The largest absolute Gasteiger partial charge is 0.384 e. The quantitative estimate of drug-likeness (QED) is 0.800. The highest BCUT2D eigenvalue weighted by Gasteiger charge is 2.32. The molecule has 0 aliphatic heterocycles. The van der Waals surface area contributed by atoms with E-state index in [9.17, 15) is 8.42 Å². The molecule has 0 aromatic heterocycles. The number of hydrogen-bond acceptors (Lipinski definition) is 4. The number of methoxy groups -OCH3 is 1. The van der Waals surface area contributed by atoms with Crippen molar-refractivity contribution in [2.45, 2.75) is 50.3 Å². The van der Waals surface area contributed by atoms with Crippen LogP contribution in [0.15, 0.2) is 0 Å². The van der Waals surface area contributed by atoms with Crippen LogP contribution < -0.4 is 5.73 Å². The molecule has 1 aliphatic carbocycles. The van der Waals surface area contributed by atoms with Gasteiger partial charge in [0.25, 0.3) is 0 Å². The Morgan fingerprint density at radius 2 is 2.06 bits per heavy atom. The van der Waals surface area contributed by atoms with Crippen molar-refractivity contribution >= 4 is 9.84 Å². The summed E-state index contributed by atoms with van der Waals surface area (Å²) in [5, 5.41) is -0.181. The molecular formula is C13H27NO3S.